The molecule has 66 valence electrons. The predicted octanol–water partition coefficient (Wildman–Crippen LogP) is 3.03. The van der Waals surface area contributed by atoms with Crippen molar-refractivity contribution < 1.29 is 5.11 Å². The lowest BCUT2D eigenvalue weighted by Gasteiger charge is -2.08. The standard InChI is InChI=1S/C9H10BrClO/c1-6(12)5-7-8(10)3-2-4-9(7)11/h2-4,6,12H,5H2,1H3/t6-/m0/s1. The van der Waals surface area contributed by atoms with Crippen LogP contribution in [0, 0.1) is 0 Å². The molecule has 1 atom stereocenters. The third-order valence-corrected chi connectivity index (χ3v) is 2.66. The molecule has 1 nitrogen and oxygen atoms in total. The minimum Gasteiger partial charge on any atom is -0.393 e. The maximum atomic E-state index is 9.18. The average molecular weight is 250 g/mol. The van der Waals surface area contributed by atoms with Crippen molar-refractivity contribution in [3.05, 3.63) is 33.3 Å². The highest BCUT2D eigenvalue weighted by Gasteiger charge is 2.06. The number of halogens is 2. The summed E-state index contributed by atoms with van der Waals surface area (Å²) in [5.74, 6) is 0. The van der Waals surface area contributed by atoms with E-state index < -0.39 is 0 Å². The van der Waals surface area contributed by atoms with Crippen molar-refractivity contribution in [1.82, 2.24) is 0 Å². The fraction of sp³-hybridized carbons (Fsp3) is 0.333. The van der Waals surface area contributed by atoms with Crippen LogP contribution in [-0.2, 0) is 6.42 Å². The smallest absolute Gasteiger partial charge is 0.0553 e. The molecule has 0 aliphatic carbocycles. The van der Waals surface area contributed by atoms with E-state index in [0.29, 0.717) is 11.4 Å². The Balaban J connectivity index is 2.96. The molecule has 0 heterocycles. The molecule has 0 amide bonds. The number of aliphatic hydroxyl groups excluding tert-OH is 1. The summed E-state index contributed by atoms with van der Waals surface area (Å²) in [6.07, 6.45) is 0.224. The molecule has 1 N–H and O–H groups in total. The molecule has 12 heavy (non-hydrogen) atoms. The fourth-order valence-corrected chi connectivity index (χ4v) is 1.92. The van der Waals surface area contributed by atoms with Gasteiger partial charge in [-0.3, -0.25) is 0 Å². The Hall–Kier alpha value is -0.0500. The van der Waals surface area contributed by atoms with E-state index in [0.717, 1.165) is 10.0 Å². The topological polar surface area (TPSA) is 20.2 Å². The molecule has 0 bridgehead atoms. The Kier molecular flexibility index (Phi) is 3.56. The van der Waals surface area contributed by atoms with Crippen LogP contribution in [0.15, 0.2) is 22.7 Å². The van der Waals surface area contributed by atoms with Gasteiger partial charge in [-0.2, -0.15) is 0 Å². The zero-order valence-corrected chi connectivity index (χ0v) is 9.06. The quantitative estimate of drug-likeness (QED) is 0.854. The SMILES string of the molecule is C[C@H](O)Cc1c(Cl)cccc1Br. The molecule has 3 heteroatoms. The van der Waals surface area contributed by atoms with Crippen LogP contribution in [0.1, 0.15) is 12.5 Å². The van der Waals surface area contributed by atoms with E-state index in [4.69, 9.17) is 11.6 Å². The molecule has 0 spiro atoms. The molecular formula is C9H10BrClO. The van der Waals surface area contributed by atoms with Crippen molar-refractivity contribution in [2.45, 2.75) is 19.4 Å². The summed E-state index contributed by atoms with van der Waals surface area (Å²) in [6.45, 7) is 1.75. The summed E-state index contributed by atoms with van der Waals surface area (Å²) in [4.78, 5) is 0. The van der Waals surface area contributed by atoms with Crippen LogP contribution in [0.4, 0.5) is 0 Å². The second-order valence-electron chi connectivity index (χ2n) is 2.75. The minimum absolute atomic E-state index is 0.360. The molecule has 1 aromatic carbocycles. The first kappa shape index (κ1) is 10.0. The van der Waals surface area contributed by atoms with Crippen LogP contribution in [0.5, 0.6) is 0 Å². The van der Waals surface area contributed by atoms with Gasteiger partial charge >= 0.3 is 0 Å². The van der Waals surface area contributed by atoms with Crippen LogP contribution in [0.3, 0.4) is 0 Å². The third kappa shape index (κ3) is 2.47. The number of rotatable bonds is 2. The first-order chi connectivity index (χ1) is 5.61. The maximum Gasteiger partial charge on any atom is 0.0553 e. The van der Waals surface area contributed by atoms with Gasteiger partial charge in [0.05, 0.1) is 6.10 Å². The van der Waals surface area contributed by atoms with E-state index in [1.54, 1.807) is 6.92 Å². The van der Waals surface area contributed by atoms with Crippen molar-refractivity contribution in [3.63, 3.8) is 0 Å². The Morgan fingerprint density at radius 1 is 1.58 bits per heavy atom. The van der Waals surface area contributed by atoms with E-state index in [1.165, 1.54) is 0 Å². The lowest BCUT2D eigenvalue weighted by atomic mass is 10.1. The summed E-state index contributed by atoms with van der Waals surface area (Å²) in [6, 6.07) is 5.62. The zero-order valence-electron chi connectivity index (χ0n) is 6.72. The molecule has 0 aromatic heterocycles. The highest BCUT2D eigenvalue weighted by Crippen LogP contribution is 2.25. The summed E-state index contributed by atoms with van der Waals surface area (Å²) in [5.41, 5.74) is 0.967. The molecular weight excluding hydrogens is 239 g/mol. The molecule has 0 aliphatic heterocycles. The van der Waals surface area contributed by atoms with Crippen molar-refractivity contribution in [3.8, 4) is 0 Å². The van der Waals surface area contributed by atoms with Crippen molar-refractivity contribution in [1.29, 1.82) is 0 Å². The first-order valence-corrected chi connectivity index (χ1v) is 4.89. The second kappa shape index (κ2) is 4.26. The summed E-state index contributed by atoms with van der Waals surface area (Å²) >= 11 is 9.31. The number of benzene rings is 1. The van der Waals surface area contributed by atoms with E-state index >= 15 is 0 Å². The Labute approximate surface area is 85.5 Å². The zero-order chi connectivity index (χ0) is 9.14. The van der Waals surface area contributed by atoms with Gasteiger partial charge in [0.1, 0.15) is 0 Å². The maximum absolute atomic E-state index is 9.18. The van der Waals surface area contributed by atoms with E-state index in [-0.39, 0.29) is 6.10 Å². The van der Waals surface area contributed by atoms with Crippen LogP contribution in [0.25, 0.3) is 0 Å². The van der Waals surface area contributed by atoms with Crippen LogP contribution < -0.4 is 0 Å². The monoisotopic (exact) mass is 248 g/mol. The minimum atomic E-state index is -0.360. The normalized spacial score (nSPS) is 13.0. The predicted molar refractivity (Wildman–Crippen MR) is 54.5 cm³/mol. The van der Waals surface area contributed by atoms with Gasteiger partial charge in [0, 0.05) is 15.9 Å². The Bertz CT molecular complexity index is 253. The third-order valence-electron chi connectivity index (χ3n) is 1.56. The van der Waals surface area contributed by atoms with Gasteiger partial charge in [0.2, 0.25) is 0 Å². The summed E-state index contributed by atoms with van der Waals surface area (Å²) in [5, 5.41) is 9.87. The molecule has 0 fully saturated rings. The van der Waals surface area contributed by atoms with Crippen LogP contribution >= 0.6 is 27.5 Å². The molecule has 1 rings (SSSR count). The molecule has 1 aromatic rings. The summed E-state index contributed by atoms with van der Waals surface area (Å²) in [7, 11) is 0. The molecule has 0 aliphatic rings. The highest BCUT2D eigenvalue weighted by molar-refractivity contribution is 9.10. The lowest BCUT2D eigenvalue weighted by molar-refractivity contribution is 0.195. The molecule has 0 radical (unpaired) electrons. The Morgan fingerprint density at radius 2 is 2.25 bits per heavy atom. The Morgan fingerprint density at radius 3 is 2.75 bits per heavy atom. The van der Waals surface area contributed by atoms with Gasteiger partial charge < -0.3 is 5.11 Å². The summed E-state index contributed by atoms with van der Waals surface area (Å²) < 4.78 is 0.955. The second-order valence-corrected chi connectivity index (χ2v) is 4.01. The van der Waals surface area contributed by atoms with Gasteiger partial charge in [-0.15, -0.1) is 0 Å². The molecule has 0 unspecified atom stereocenters. The number of aliphatic hydroxyl groups is 1. The lowest BCUT2D eigenvalue weighted by Crippen LogP contribution is -2.05. The van der Waals surface area contributed by atoms with E-state index in [9.17, 15) is 5.11 Å². The van der Waals surface area contributed by atoms with Gasteiger partial charge in [0.15, 0.2) is 0 Å². The van der Waals surface area contributed by atoms with Gasteiger partial charge in [0.25, 0.3) is 0 Å². The average Bonchev–Trinajstić information content (AvgIpc) is 1.97. The van der Waals surface area contributed by atoms with E-state index in [2.05, 4.69) is 15.9 Å². The van der Waals surface area contributed by atoms with Crippen molar-refractivity contribution in [2.24, 2.45) is 0 Å². The molecule has 0 saturated heterocycles. The van der Waals surface area contributed by atoms with Gasteiger partial charge in [-0.25, -0.2) is 0 Å². The number of hydrogen-bond donors (Lipinski definition) is 1. The van der Waals surface area contributed by atoms with Gasteiger partial charge in [-0.1, -0.05) is 33.6 Å². The molecule has 0 saturated carbocycles. The highest BCUT2D eigenvalue weighted by atomic mass is 79.9. The largest absolute Gasteiger partial charge is 0.393 e. The van der Waals surface area contributed by atoms with Crippen LogP contribution in [-0.4, -0.2) is 11.2 Å². The van der Waals surface area contributed by atoms with Crippen molar-refractivity contribution in [2.75, 3.05) is 0 Å². The van der Waals surface area contributed by atoms with Crippen LogP contribution in [0.2, 0.25) is 5.02 Å². The van der Waals surface area contributed by atoms with Crippen molar-refractivity contribution >= 4 is 27.5 Å². The fourth-order valence-electron chi connectivity index (χ4n) is 1.02. The van der Waals surface area contributed by atoms with E-state index in [1.807, 2.05) is 18.2 Å². The first-order valence-electron chi connectivity index (χ1n) is 3.72. The van der Waals surface area contributed by atoms with Gasteiger partial charge in [-0.05, 0) is 24.6 Å². The number of hydrogen-bond acceptors (Lipinski definition) is 1.